The molecule has 6 atom stereocenters. The quantitative estimate of drug-likeness (QED) is 0.0907. The van der Waals surface area contributed by atoms with Gasteiger partial charge in [0.2, 0.25) is 12.2 Å². The Hall–Kier alpha value is -3.41. The topological polar surface area (TPSA) is 220 Å². The number of nitro groups is 1. The molecule has 3 unspecified atom stereocenters. The van der Waals surface area contributed by atoms with E-state index in [1.807, 2.05) is 6.92 Å². The summed E-state index contributed by atoms with van der Waals surface area (Å²) >= 11 is 0. The summed E-state index contributed by atoms with van der Waals surface area (Å²) in [5, 5.41) is 23.6. The van der Waals surface area contributed by atoms with E-state index in [1.165, 1.54) is 38.1 Å². The molecule has 0 bridgehead atoms. The fraction of sp³-hybridized carbons (Fsp3) is 0.565. The maximum atomic E-state index is 14.9. The van der Waals surface area contributed by atoms with E-state index in [4.69, 9.17) is 24.3 Å². The van der Waals surface area contributed by atoms with Crippen LogP contribution in [-0.4, -0.2) is 67.9 Å². The number of nitrogens with two attached hydrogens (primary N) is 1. The average Bonchev–Trinajstić information content (AvgIpc) is 3.15. The number of nitrogens with one attached hydrogen (secondary N) is 1. The number of aliphatic hydroxyl groups excluding tert-OH is 1. The van der Waals surface area contributed by atoms with E-state index in [0.29, 0.717) is 22.9 Å². The zero-order valence-electron chi connectivity index (χ0n) is 22.8. The summed E-state index contributed by atoms with van der Waals surface area (Å²) in [5.41, 5.74) is 4.20. The van der Waals surface area contributed by atoms with Crippen LogP contribution in [0.15, 0.2) is 35.4 Å². The van der Waals surface area contributed by atoms with Crippen LogP contribution in [-0.2, 0) is 27.9 Å². The lowest BCUT2D eigenvalue weighted by atomic mass is 10.1. The van der Waals surface area contributed by atoms with Gasteiger partial charge in [-0.25, -0.2) is 24.0 Å². The van der Waals surface area contributed by atoms with E-state index in [1.54, 1.807) is 0 Å². The molecule has 1 aliphatic rings. The van der Waals surface area contributed by atoms with Crippen molar-refractivity contribution >= 4 is 25.4 Å². The first-order chi connectivity index (χ1) is 19.7. The van der Waals surface area contributed by atoms with E-state index < -0.39 is 73.4 Å². The number of hydrogen-bond acceptors (Lipinski definition) is 13. The highest BCUT2D eigenvalue weighted by molar-refractivity contribution is 7.51. The highest BCUT2D eigenvalue weighted by Gasteiger charge is 2.60. The first-order valence-electron chi connectivity index (χ1n) is 12.7. The standard InChI is InChI=1S/C23H31F2N6O10P/c1-4-5-10-38-19(33)13(2)29-42(37,41-14(3)15-6-8-16(9-7-15)31(35)36)39-11-17-18(32)23(24,25)20(40-17)30-12-27-21(26)28-22(30)34/h6-9,12-14,17-18,20,32H,4-5,10-11H2,1-3H3,(H,29,37)(H2,26,28,34)/t13-,14?,17+,18?,20+,42?/m0/s1. The number of alkyl halides is 2. The molecule has 1 saturated heterocycles. The van der Waals surface area contributed by atoms with Crippen LogP contribution < -0.4 is 16.5 Å². The number of nitrogen functional groups attached to an aromatic ring is 1. The lowest BCUT2D eigenvalue weighted by Crippen LogP contribution is -2.42. The van der Waals surface area contributed by atoms with Crippen LogP contribution in [0, 0.1) is 10.1 Å². The molecule has 1 aromatic heterocycles. The van der Waals surface area contributed by atoms with Crippen molar-refractivity contribution in [3.05, 3.63) is 56.8 Å². The van der Waals surface area contributed by atoms with Gasteiger partial charge in [0.1, 0.15) is 18.5 Å². The molecule has 0 aliphatic carbocycles. The van der Waals surface area contributed by atoms with Crippen LogP contribution in [0.3, 0.4) is 0 Å². The van der Waals surface area contributed by atoms with Gasteiger partial charge in [0.15, 0.2) is 6.10 Å². The number of aliphatic hydroxyl groups is 1. The molecule has 232 valence electrons. The number of ether oxygens (including phenoxy) is 2. The number of rotatable bonds is 14. The molecule has 19 heteroatoms. The molecule has 1 aliphatic heterocycles. The molecule has 16 nitrogen and oxygen atoms in total. The number of halogens is 2. The molecule has 0 radical (unpaired) electrons. The highest BCUT2D eigenvalue weighted by Crippen LogP contribution is 2.50. The summed E-state index contributed by atoms with van der Waals surface area (Å²) in [5.74, 6) is -5.31. The SMILES string of the molecule is CCCCOC(=O)[C@H](C)NP(=O)(OC[C@H]1O[C@@H](n2cnc(N)nc2=O)C(F)(F)C1O)OC(C)c1ccc([N+](=O)[O-])cc1. The number of aromatic nitrogens is 3. The number of carbonyl (C=O) groups excluding carboxylic acids is 1. The Morgan fingerprint density at radius 3 is 2.62 bits per heavy atom. The van der Waals surface area contributed by atoms with Gasteiger partial charge in [0.05, 0.1) is 24.2 Å². The number of unbranched alkanes of at least 4 members (excludes halogenated alkanes) is 1. The molecule has 3 rings (SSSR count). The second kappa shape index (κ2) is 13.7. The van der Waals surface area contributed by atoms with Gasteiger partial charge in [-0.05, 0) is 38.0 Å². The molecule has 42 heavy (non-hydrogen) atoms. The van der Waals surface area contributed by atoms with Gasteiger partial charge in [-0.2, -0.15) is 13.8 Å². The Bertz CT molecular complexity index is 1360. The normalized spacial score (nSPS) is 22.7. The Balaban J connectivity index is 1.80. The largest absolute Gasteiger partial charge is 0.465 e. The first kappa shape index (κ1) is 33.1. The fourth-order valence-corrected chi connectivity index (χ4v) is 5.42. The zero-order valence-corrected chi connectivity index (χ0v) is 23.7. The monoisotopic (exact) mass is 620 g/mol. The Morgan fingerprint density at radius 1 is 1.36 bits per heavy atom. The van der Waals surface area contributed by atoms with Gasteiger partial charge in [-0.1, -0.05) is 13.3 Å². The predicted octanol–water partition coefficient (Wildman–Crippen LogP) is 2.25. The van der Waals surface area contributed by atoms with Crippen LogP contribution in [0.2, 0.25) is 0 Å². The van der Waals surface area contributed by atoms with Crippen LogP contribution in [0.5, 0.6) is 0 Å². The summed E-state index contributed by atoms with van der Waals surface area (Å²) in [7, 11) is -4.58. The molecule has 0 spiro atoms. The first-order valence-corrected chi connectivity index (χ1v) is 14.3. The number of esters is 1. The van der Waals surface area contributed by atoms with Gasteiger partial charge in [-0.15, -0.1) is 0 Å². The summed E-state index contributed by atoms with van der Waals surface area (Å²) in [6.07, 6.45) is -5.79. The van der Waals surface area contributed by atoms with Crippen LogP contribution in [0.25, 0.3) is 0 Å². The lowest BCUT2D eigenvalue weighted by Gasteiger charge is -2.26. The third-order valence-electron chi connectivity index (χ3n) is 6.10. The number of carbonyl (C=O) groups is 1. The molecule has 1 aromatic carbocycles. The van der Waals surface area contributed by atoms with Gasteiger partial charge in [0, 0.05) is 12.1 Å². The molecule has 2 heterocycles. The Morgan fingerprint density at radius 2 is 2.02 bits per heavy atom. The van der Waals surface area contributed by atoms with Crippen molar-refractivity contribution in [2.75, 3.05) is 18.9 Å². The van der Waals surface area contributed by atoms with Crippen LogP contribution in [0.4, 0.5) is 20.4 Å². The minimum Gasteiger partial charge on any atom is -0.465 e. The van der Waals surface area contributed by atoms with Crippen LogP contribution >= 0.6 is 7.75 Å². The van der Waals surface area contributed by atoms with Gasteiger partial charge < -0.3 is 20.3 Å². The van der Waals surface area contributed by atoms with E-state index in [9.17, 15) is 38.2 Å². The Labute approximate surface area is 237 Å². The van der Waals surface area contributed by atoms with Crippen molar-refractivity contribution < 1.29 is 46.7 Å². The van der Waals surface area contributed by atoms with Crippen molar-refractivity contribution in [2.24, 2.45) is 0 Å². The Kier molecular flexibility index (Phi) is 10.8. The van der Waals surface area contributed by atoms with Crippen molar-refractivity contribution in [3.63, 3.8) is 0 Å². The van der Waals surface area contributed by atoms with Gasteiger partial charge >= 0.3 is 25.3 Å². The molecular formula is C23H31F2N6O10P. The summed E-state index contributed by atoms with van der Waals surface area (Å²) in [6, 6.07) is 3.81. The number of anilines is 1. The minimum atomic E-state index is -4.58. The van der Waals surface area contributed by atoms with Crippen molar-refractivity contribution in [1.29, 1.82) is 0 Å². The number of nitrogens with zero attached hydrogens (tertiary/aromatic N) is 4. The minimum absolute atomic E-state index is 0.0966. The third kappa shape index (κ3) is 7.90. The summed E-state index contributed by atoms with van der Waals surface area (Å²) in [6.45, 7) is 3.77. The summed E-state index contributed by atoms with van der Waals surface area (Å²) in [4.78, 5) is 41.6. The van der Waals surface area contributed by atoms with Gasteiger partial charge in [-0.3, -0.25) is 24.0 Å². The van der Waals surface area contributed by atoms with E-state index in [2.05, 4.69) is 15.1 Å². The smallest absolute Gasteiger partial charge is 0.406 e. The second-order valence-electron chi connectivity index (χ2n) is 9.31. The number of nitro benzene ring substituents is 1. The van der Waals surface area contributed by atoms with Crippen LogP contribution in [0.1, 0.15) is 51.5 Å². The molecule has 2 aromatic rings. The van der Waals surface area contributed by atoms with Crippen molar-refractivity contribution in [3.8, 4) is 0 Å². The lowest BCUT2D eigenvalue weighted by molar-refractivity contribution is -0.384. The highest BCUT2D eigenvalue weighted by atomic mass is 31.2. The second-order valence-corrected chi connectivity index (χ2v) is 11.0. The maximum absolute atomic E-state index is 14.9. The number of hydrogen-bond donors (Lipinski definition) is 3. The molecule has 0 saturated carbocycles. The molecular weight excluding hydrogens is 589 g/mol. The number of benzene rings is 1. The van der Waals surface area contributed by atoms with Gasteiger partial charge in [0.25, 0.3) is 5.69 Å². The van der Waals surface area contributed by atoms with E-state index >= 15 is 0 Å². The summed E-state index contributed by atoms with van der Waals surface area (Å²) < 4.78 is 65.2. The zero-order chi connectivity index (χ0) is 31.2. The molecule has 4 N–H and O–H groups in total. The average molecular weight is 621 g/mol. The third-order valence-corrected chi connectivity index (χ3v) is 7.89. The maximum Gasteiger partial charge on any atom is 0.406 e. The van der Waals surface area contributed by atoms with Crippen molar-refractivity contribution in [2.45, 2.75) is 70.1 Å². The molecule has 1 fully saturated rings. The van der Waals surface area contributed by atoms with E-state index in [-0.39, 0.29) is 12.3 Å². The fourth-order valence-electron chi connectivity index (χ4n) is 3.76. The van der Waals surface area contributed by atoms with E-state index in [0.717, 1.165) is 6.42 Å². The predicted molar refractivity (Wildman–Crippen MR) is 140 cm³/mol. The van der Waals surface area contributed by atoms with Crippen molar-refractivity contribution in [1.82, 2.24) is 19.6 Å². The molecule has 0 amide bonds. The number of non-ortho nitro benzene ring substituents is 1.